The molecule has 44 heavy (non-hydrogen) atoms. The Bertz CT molecular complexity index is 1250. The molecule has 0 saturated carbocycles. The number of allylic oxidation sites excluding steroid dienone is 2. The van der Waals surface area contributed by atoms with Gasteiger partial charge in [-0.2, -0.15) is 0 Å². The monoisotopic (exact) mass is 594 g/mol. The molecule has 0 fully saturated rings. The van der Waals surface area contributed by atoms with Crippen LogP contribution >= 0.6 is 0 Å². The Kier molecular flexibility index (Phi) is 15.6. The van der Waals surface area contributed by atoms with Crippen molar-refractivity contribution in [3.8, 4) is 22.3 Å². The molecular weight excluding hydrogens is 532 g/mol. The normalized spacial score (nSPS) is 11.8. The van der Waals surface area contributed by atoms with Crippen molar-refractivity contribution in [2.75, 3.05) is 11.5 Å². The summed E-state index contributed by atoms with van der Waals surface area (Å²) in [7, 11) is 0. The Morgan fingerprint density at radius 2 is 1.00 bits per heavy atom. The van der Waals surface area contributed by atoms with Crippen LogP contribution < -0.4 is 11.5 Å². The maximum atomic E-state index is 6.13. The Labute approximate surface area is 270 Å². The molecule has 3 aromatic rings. The first-order chi connectivity index (χ1) is 21.3. The Morgan fingerprint density at radius 3 is 1.48 bits per heavy atom. The summed E-state index contributed by atoms with van der Waals surface area (Å²) < 4.78 is 0. The molecule has 3 rings (SSSR count). The highest BCUT2D eigenvalue weighted by Gasteiger charge is 2.23. The van der Waals surface area contributed by atoms with Crippen LogP contribution in [0.5, 0.6) is 0 Å². The largest absolute Gasteiger partial charge is 0.399 e. The molecular formula is C42H62N2. The van der Waals surface area contributed by atoms with Crippen LogP contribution in [-0.2, 0) is 6.42 Å². The van der Waals surface area contributed by atoms with Crippen LogP contribution in [-0.4, -0.2) is 0 Å². The molecule has 4 N–H and O–H groups in total. The average molecular weight is 595 g/mol. The molecule has 2 heteroatoms. The zero-order valence-electron chi connectivity index (χ0n) is 28.8. The fourth-order valence-corrected chi connectivity index (χ4v) is 6.57. The van der Waals surface area contributed by atoms with Gasteiger partial charge < -0.3 is 11.5 Å². The molecule has 0 atom stereocenters. The molecule has 0 aliphatic carbocycles. The maximum absolute atomic E-state index is 6.13. The van der Waals surface area contributed by atoms with Crippen molar-refractivity contribution < 1.29 is 0 Å². The second kappa shape index (κ2) is 19.4. The van der Waals surface area contributed by atoms with Gasteiger partial charge in [0.25, 0.3) is 0 Å². The fraction of sp³-hybridized carbons (Fsp3) is 0.524. The lowest BCUT2D eigenvalue weighted by molar-refractivity contribution is 0.594. The van der Waals surface area contributed by atoms with E-state index in [0.717, 1.165) is 17.8 Å². The van der Waals surface area contributed by atoms with Crippen LogP contribution in [0.4, 0.5) is 11.4 Å². The van der Waals surface area contributed by atoms with Gasteiger partial charge in [-0.15, -0.1) is 0 Å². The van der Waals surface area contributed by atoms with Crippen LogP contribution in [0.15, 0.2) is 66.7 Å². The predicted molar refractivity (Wildman–Crippen MR) is 197 cm³/mol. The molecule has 0 bridgehead atoms. The van der Waals surface area contributed by atoms with Gasteiger partial charge >= 0.3 is 0 Å². The first kappa shape index (κ1) is 35.5. The molecule has 2 nitrogen and oxygen atoms in total. The van der Waals surface area contributed by atoms with Crippen LogP contribution in [0.25, 0.3) is 22.3 Å². The molecule has 240 valence electrons. The minimum Gasteiger partial charge on any atom is -0.399 e. The lowest BCUT2D eigenvalue weighted by atomic mass is 9.77. The standard InChI is InChI=1S/C42H62N2/c1-6-7-8-9-10-11-12-13-14-15-16-17-18-19-20-21-22-36-31-39(32(2)3)41(34-23-27-37(43)28-24-34)42(40(36)33(4)5)35-25-29-38(44)30-26-35/h13-14,23-33H,6-12,15-22,43-44H2,1-5H3/b14-13-. The van der Waals surface area contributed by atoms with Crippen LogP contribution in [0.3, 0.4) is 0 Å². The zero-order chi connectivity index (χ0) is 31.7. The van der Waals surface area contributed by atoms with E-state index in [0.29, 0.717) is 11.8 Å². The third-order valence-corrected chi connectivity index (χ3v) is 9.04. The van der Waals surface area contributed by atoms with Gasteiger partial charge in [0.05, 0.1) is 0 Å². The van der Waals surface area contributed by atoms with E-state index >= 15 is 0 Å². The zero-order valence-corrected chi connectivity index (χ0v) is 28.8. The number of nitrogen functional groups attached to an aromatic ring is 2. The Hall–Kier alpha value is -3.00. The van der Waals surface area contributed by atoms with Crippen molar-refractivity contribution in [2.45, 2.75) is 143 Å². The lowest BCUT2D eigenvalue weighted by Crippen LogP contribution is -2.07. The van der Waals surface area contributed by atoms with E-state index < -0.39 is 0 Å². The van der Waals surface area contributed by atoms with Gasteiger partial charge in [0, 0.05) is 11.4 Å². The first-order valence-corrected chi connectivity index (χ1v) is 17.9. The predicted octanol–water partition coefficient (Wildman–Crippen LogP) is 13.0. The van der Waals surface area contributed by atoms with E-state index in [1.807, 2.05) is 24.3 Å². The minimum absolute atomic E-state index is 0.412. The fourth-order valence-electron chi connectivity index (χ4n) is 6.57. The molecule has 0 amide bonds. The summed E-state index contributed by atoms with van der Waals surface area (Å²) in [4.78, 5) is 0. The number of nitrogens with two attached hydrogens (primary N) is 2. The number of hydrogen-bond donors (Lipinski definition) is 2. The van der Waals surface area contributed by atoms with E-state index in [1.54, 1.807) is 0 Å². The van der Waals surface area contributed by atoms with Crippen molar-refractivity contribution in [3.63, 3.8) is 0 Å². The second-order valence-corrected chi connectivity index (χ2v) is 13.5. The molecule has 0 saturated heterocycles. The summed E-state index contributed by atoms with van der Waals surface area (Å²) in [6.07, 6.45) is 24.8. The average Bonchev–Trinajstić information content (AvgIpc) is 3.01. The Morgan fingerprint density at radius 1 is 0.545 bits per heavy atom. The molecule has 0 aliphatic rings. The molecule has 0 spiro atoms. The second-order valence-electron chi connectivity index (χ2n) is 13.5. The van der Waals surface area contributed by atoms with E-state index in [4.69, 9.17) is 11.5 Å². The van der Waals surface area contributed by atoms with Crippen LogP contribution in [0.2, 0.25) is 0 Å². The van der Waals surface area contributed by atoms with E-state index in [-0.39, 0.29) is 0 Å². The van der Waals surface area contributed by atoms with E-state index in [1.165, 1.54) is 129 Å². The SMILES string of the molecule is CCCCCCCC/C=C\CCCCCCCCc1cc(C(C)C)c(-c2ccc(N)cc2)c(-c2ccc(N)cc2)c1C(C)C. The number of benzene rings is 3. The van der Waals surface area contributed by atoms with Crippen molar-refractivity contribution in [3.05, 3.63) is 83.4 Å². The summed E-state index contributed by atoms with van der Waals surface area (Å²) in [5, 5.41) is 0. The number of rotatable bonds is 20. The Balaban J connectivity index is 1.64. The van der Waals surface area contributed by atoms with Crippen LogP contribution in [0.1, 0.15) is 153 Å². The number of anilines is 2. The molecule has 0 aromatic heterocycles. The lowest BCUT2D eigenvalue weighted by Gasteiger charge is -2.27. The number of unbranched alkanes of at least 4 members (excludes halogenated alkanes) is 12. The molecule has 0 radical (unpaired) electrons. The maximum Gasteiger partial charge on any atom is 0.0314 e. The molecule has 0 aliphatic heterocycles. The third-order valence-electron chi connectivity index (χ3n) is 9.04. The summed E-state index contributed by atoms with van der Waals surface area (Å²) in [5.74, 6) is 0.829. The molecule has 0 heterocycles. The highest BCUT2D eigenvalue weighted by atomic mass is 14.5. The highest BCUT2D eigenvalue weighted by molar-refractivity contribution is 5.90. The van der Waals surface area contributed by atoms with Gasteiger partial charge in [-0.1, -0.05) is 135 Å². The van der Waals surface area contributed by atoms with E-state index in [9.17, 15) is 0 Å². The van der Waals surface area contributed by atoms with Gasteiger partial charge in [-0.3, -0.25) is 0 Å². The van der Waals surface area contributed by atoms with Crippen molar-refractivity contribution >= 4 is 11.4 Å². The summed E-state index contributed by atoms with van der Waals surface area (Å²) in [5.41, 5.74) is 23.5. The summed E-state index contributed by atoms with van der Waals surface area (Å²) in [6, 6.07) is 19.5. The van der Waals surface area contributed by atoms with Crippen molar-refractivity contribution in [1.82, 2.24) is 0 Å². The number of hydrogen-bond acceptors (Lipinski definition) is 2. The smallest absolute Gasteiger partial charge is 0.0314 e. The minimum atomic E-state index is 0.412. The molecule has 3 aromatic carbocycles. The number of aryl methyl sites for hydroxylation is 1. The first-order valence-electron chi connectivity index (χ1n) is 17.9. The van der Waals surface area contributed by atoms with Gasteiger partial charge in [0.1, 0.15) is 0 Å². The van der Waals surface area contributed by atoms with Crippen molar-refractivity contribution in [1.29, 1.82) is 0 Å². The summed E-state index contributed by atoms with van der Waals surface area (Å²) in [6.45, 7) is 11.6. The quantitative estimate of drug-likeness (QED) is 0.0776. The van der Waals surface area contributed by atoms with Crippen LogP contribution in [0, 0.1) is 0 Å². The van der Waals surface area contributed by atoms with Gasteiger partial charge in [-0.05, 0) is 114 Å². The van der Waals surface area contributed by atoms with Gasteiger partial charge in [0.15, 0.2) is 0 Å². The van der Waals surface area contributed by atoms with Gasteiger partial charge in [-0.25, -0.2) is 0 Å². The highest BCUT2D eigenvalue weighted by Crippen LogP contribution is 2.45. The van der Waals surface area contributed by atoms with Crippen molar-refractivity contribution in [2.24, 2.45) is 0 Å². The van der Waals surface area contributed by atoms with E-state index in [2.05, 4.69) is 77.1 Å². The van der Waals surface area contributed by atoms with Gasteiger partial charge in [0.2, 0.25) is 0 Å². The topological polar surface area (TPSA) is 52.0 Å². The summed E-state index contributed by atoms with van der Waals surface area (Å²) >= 11 is 0. The third kappa shape index (κ3) is 11.2. The molecule has 0 unspecified atom stereocenters.